The van der Waals surface area contributed by atoms with Gasteiger partial charge in [-0.05, 0) is 19.3 Å². The molecule has 0 saturated carbocycles. The van der Waals surface area contributed by atoms with Gasteiger partial charge < -0.3 is 0 Å². The van der Waals surface area contributed by atoms with Crippen LogP contribution < -0.4 is 0 Å². The van der Waals surface area contributed by atoms with Gasteiger partial charge in [0.1, 0.15) is 9.84 Å². The van der Waals surface area contributed by atoms with Gasteiger partial charge in [-0.15, -0.1) is 0 Å². The van der Waals surface area contributed by atoms with Crippen LogP contribution in [0.3, 0.4) is 0 Å². The van der Waals surface area contributed by atoms with Crippen LogP contribution in [-0.4, -0.2) is 25.3 Å². The Morgan fingerprint density at radius 2 is 1.92 bits per heavy atom. The molecule has 0 aliphatic heterocycles. The largest absolute Gasteiger partial charge is 0.229 e. The quantitative estimate of drug-likeness (QED) is 0.540. The van der Waals surface area contributed by atoms with Crippen molar-refractivity contribution in [3.63, 3.8) is 0 Å². The van der Waals surface area contributed by atoms with Gasteiger partial charge in [-0.3, -0.25) is 0 Å². The fraction of sp³-hybridized carbons (Fsp3) is 1.00. The van der Waals surface area contributed by atoms with Crippen LogP contribution in [0.25, 0.3) is 0 Å². The Balaban J connectivity index is 3.34. The molecule has 0 fully saturated rings. The van der Waals surface area contributed by atoms with Crippen LogP contribution in [0.2, 0.25) is 0 Å². The van der Waals surface area contributed by atoms with Crippen LogP contribution in [0, 0.1) is 0 Å². The third-order valence-corrected chi connectivity index (χ3v) is 3.86. The molecule has 0 aliphatic carbocycles. The summed E-state index contributed by atoms with van der Waals surface area (Å²) in [6, 6.07) is 0. The first kappa shape index (κ1) is 12.4. The molecule has 1 atom stereocenters. The van der Waals surface area contributed by atoms with Crippen molar-refractivity contribution in [1.82, 2.24) is 0 Å². The Kier molecular flexibility index (Phi) is 6.19. The number of alkyl halides is 1. The zero-order valence-corrected chi connectivity index (χ0v) is 10.1. The van der Waals surface area contributed by atoms with Crippen molar-refractivity contribution in [2.24, 2.45) is 0 Å². The molecule has 1 unspecified atom stereocenters. The first-order chi connectivity index (χ1) is 5.45. The smallest absolute Gasteiger partial charge is 0.147 e. The van der Waals surface area contributed by atoms with Gasteiger partial charge in [-0.25, -0.2) is 8.42 Å². The normalized spacial score (nSPS) is 14.6. The Labute approximate surface area is 83.8 Å². The van der Waals surface area contributed by atoms with Crippen LogP contribution in [0.15, 0.2) is 0 Å². The molecule has 4 heteroatoms. The van der Waals surface area contributed by atoms with Crippen LogP contribution in [0.1, 0.15) is 32.6 Å². The lowest BCUT2D eigenvalue weighted by atomic mass is 10.2. The Morgan fingerprint density at radius 3 is 2.33 bits per heavy atom. The van der Waals surface area contributed by atoms with E-state index < -0.39 is 9.84 Å². The Bertz CT molecular complexity index is 199. The van der Waals surface area contributed by atoms with Crippen molar-refractivity contribution in [1.29, 1.82) is 0 Å². The summed E-state index contributed by atoms with van der Waals surface area (Å²) < 4.78 is 21.5. The van der Waals surface area contributed by atoms with Gasteiger partial charge in [-0.2, -0.15) is 0 Å². The highest BCUT2D eigenvalue weighted by Crippen LogP contribution is 2.13. The molecule has 0 amide bonds. The summed E-state index contributed by atoms with van der Waals surface area (Å²) >= 11 is 3.51. The first-order valence-corrected chi connectivity index (χ1v) is 7.25. The summed E-state index contributed by atoms with van der Waals surface area (Å²) in [5, 5.41) is 0. The van der Waals surface area contributed by atoms with E-state index in [2.05, 4.69) is 22.9 Å². The molecule has 0 aromatic heterocycles. The van der Waals surface area contributed by atoms with Crippen molar-refractivity contribution in [3.8, 4) is 0 Å². The van der Waals surface area contributed by atoms with E-state index in [4.69, 9.17) is 0 Å². The number of hydrogen-bond donors (Lipinski definition) is 0. The molecular formula is C8H17BrO2S. The number of sulfone groups is 1. The number of unbranched alkanes of at least 4 members (excludes halogenated alkanes) is 1. The summed E-state index contributed by atoms with van der Waals surface area (Å²) in [6.07, 6.45) is 5.26. The second-order valence-corrected chi connectivity index (χ2v) is 6.69. The van der Waals surface area contributed by atoms with Gasteiger partial charge in [-0.1, -0.05) is 29.3 Å². The van der Waals surface area contributed by atoms with E-state index in [1.165, 1.54) is 6.26 Å². The molecule has 0 N–H and O–H groups in total. The van der Waals surface area contributed by atoms with Crippen LogP contribution in [-0.2, 0) is 9.84 Å². The summed E-state index contributed by atoms with van der Waals surface area (Å²) in [5.41, 5.74) is 0. The van der Waals surface area contributed by atoms with Crippen LogP contribution in [0.4, 0.5) is 0 Å². The average molecular weight is 257 g/mol. The molecule has 0 aromatic rings. The minimum absolute atomic E-state index is 0.330. The molecule has 0 heterocycles. The zero-order chi connectivity index (χ0) is 9.61. The molecule has 0 spiro atoms. The SMILES string of the molecule is CCC(Br)CCCCS(C)(=O)=O. The Morgan fingerprint density at radius 1 is 1.33 bits per heavy atom. The van der Waals surface area contributed by atoms with E-state index in [1.807, 2.05) is 0 Å². The van der Waals surface area contributed by atoms with Crippen molar-refractivity contribution < 1.29 is 8.42 Å². The molecule has 0 saturated heterocycles. The van der Waals surface area contributed by atoms with Gasteiger partial charge in [0, 0.05) is 16.8 Å². The van der Waals surface area contributed by atoms with Crippen molar-refractivity contribution in [3.05, 3.63) is 0 Å². The standard InChI is InChI=1S/C8H17BrO2S/c1-3-8(9)6-4-5-7-12(2,10)11/h8H,3-7H2,1-2H3. The summed E-state index contributed by atoms with van der Waals surface area (Å²) in [4.78, 5) is 0.553. The van der Waals surface area contributed by atoms with E-state index in [1.54, 1.807) is 0 Å². The summed E-state index contributed by atoms with van der Waals surface area (Å²) in [7, 11) is -2.74. The lowest BCUT2D eigenvalue weighted by molar-refractivity contribution is 0.594. The number of hydrogen-bond acceptors (Lipinski definition) is 2. The maximum absolute atomic E-state index is 10.7. The van der Waals surface area contributed by atoms with E-state index in [9.17, 15) is 8.42 Å². The molecule has 74 valence electrons. The maximum atomic E-state index is 10.7. The van der Waals surface area contributed by atoms with E-state index in [0.717, 1.165) is 25.7 Å². The molecule has 0 radical (unpaired) electrons. The zero-order valence-electron chi connectivity index (χ0n) is 7.72. The summed E-state index contributed by atoms with van der Waals surface area (Å²) in [5.74, 6) is 0.330. The van der Waals surface area contributed by atoms with Gasteiger partial charge >= 0.3 is 0 Å². The molecule has 12 heavy (non-hydrogen) atoms. The van der Waals surface area contributed by atoms with Crippen LogP contribution >= 0.6 is 15.9 Å². The minimum Gasteiger partial charge on any atom is -0.229 e. The molecular weight excluding hydrogens is 240 g/mol. The van der Waals surface area contributed by atoms with Crippen molar-refractivity contribution in [2.75, 3.05) is 12.0 Å². The van der Waals surface area contributed by atoms with Crippen molar-refractivity contribution in [2.45, 2.75) is 37.4 Å². The second kappa shape index (κ2) is 5.97. The number of rotatable bonds is 6. The second-order valence-electron chi connectivity index (χ2n) is 3.13. The lowest BCUT2D eigenvalue weighted by Crippen LogP contribution is -2.04. The monoisotopic (exact) mass is 256 g/mol. The lowest BCUT2D eigenvalue weighted by Gasteiger charge is -2.04. The summed E-state index contributed by atoms with van der Waals surface area (Å²) in [6.45, 7) is 2.12. The highest BCUT2D eigenvalue weighted by atomic mass is 79.9. The maximum Gasteiger partial charge on any atom is 0.147 e. The molecule has 0 aliphatic rings. The molecule has 0 bridgehead atoms. The first-order valence-electron chi connectivity index (χ1n) is 4.27. The third-order valence-electron chi connectivity index (χ3n) is 1.73. The van der Waals surface area contributed by atoms with E-state index >= 15 is 0 Å². The van der Waals surface area contributed by atoms with Gasteiger partial charge in [0.2, 0.25) is 0 Å². The minimum atomic E-state index is -2.74. The fourth-order valence-electron chi connectivity index (χ4n) is 0.934. The van der Waals surface area contributed by atoms with E-state index in [0.29, 0.717) is 10.6 Å². The third kappa shape index (κ3) is 8.53. The fourth-order valence-corrected chi connectivity index (χ4v) is 1.99. The molecule has 0 rings (SSSR count). The Hall–Kier alpha value is 0.430. The van der Waals surface area contributed by atoms with Gasteiger partial charge in [0.25, 0.3) is 0 Å². The average Bonchev–Trinajstić information content (AvgIpc) is 1.96. The highest BCUT2D eigenvalue weighted by Gasteiger charge is 2.03. The predicted octanol–water partition coefficient (Wildman–Crippen LogP) is 2.37. The van der Waals surface area contributed by atoms with Gasteiger partial charge in [0.15, 0.2) is 0 Å². The highest BCUT2D eigenvalue weighted by molar-refractivity contribution is 9.09. The topological polar surface area (TPSA) is 34.1 Å². The van der Waals surface area contributed by atoms with Gasteiger partial charge in [0.05, 0.1) is 0 Å². The predicted molar refractivity (Wildman–Crippen MR) is 56.6 cm³/mol. The van der Waals surface area contributed by atoms with Crippen molar-refractivity contribution >= 4 is 25.8 Å². The number of halogens is 1. The van der Waals surface area contributed by atoms with Crippen LogP contribution in [0.5, 0.6) is 0 Å². The van der Waals surface area contributed by atoms with E-state index in [-0.39, 0.29) is 0 Å². The molecule has 0 aromatic carbocycles. The molecule has 2 nitrogen and oxygen atoms in total.